The first-order valence-electron chi connectivity index (χ1n) is 5.38. The number of halogens is 1. The van der Waals surface area contributed by atoms with Crippen molar-refractivity contribution in [3.05, 3.63) is 48.0 Å². The summed E-state index contributed by atoms with van der Waals surface area (Å²) in [5.41, 5.74) is 6.19. The van der Waals surface area contributed by atoms with E-state index >= 15 is 0 Å². The number of hydrogen-bond donors (Lipinski definition) is 1. The summed E-state index contributed by atoms with van der Waals surface area (Å²) in [6.45, 7) is 1.38. The first kappa shape index (κ1) is 11.6. The standard InChI is InChI=1S/C12H14FN3O/c13-11-2-3-12(10(8-11)9-14)17-7-6-16-5-1-4-15-16/h1-5,8H,6-7,9,14H2. The Morgan fingerprint density at radius 1 is 1.41 bits per heavy atom. The molecule has 0 saturated carbocycles. The normalized spacial score (nSPS) is 10.5. The van der Waals surface area contributed by atoms with E-state index in [1.807, 2.05) is 12.3 Å². The molecular formula is C12H14FN3O. The topological polar surface area (TPSA) is 53.1 Å². The summed E-state index contributed by atoms with van der Waals surface area (Å²) >= 11 is 0. The molecule has 0 aliphatic carbocycles. The van der Waals surface area contributed by atoms with Crippen LogP contribution in [0.25, 0.3) is 0 Å². The van der Waals surface area contributed by atoms with E-state index in [1.165, 1.54) is 12.1 Å². The van der Waals surface area contributed by atoms with Gasteiger partial charge in [-0.2, -0.15) is 5.10 Å². The van der Waals surface area contributed by atoms with Crippen LogP contribution in [0.1, 0.15) is 5.56 Å². The number of rotatable bonds is 5. The van der Waals surface area contributed by atoms with E-state index in [-0.39, 0.29) is 12.4 Å². The zero-order valence-corrected chi connectivity index (χ0v) is 9.34. The molecule has 2 N–H and O–H groups in total. The van der Waals surface area contributed by atoms with Crippen molar-refractivity contribution in [1.29, 1.82) is 0 Å². The van der Waals surface area contributed by atoms with Gasteiger partial charge in [0.05, 0.1) is 6.54 Å². The highest BCUT2D eigenvalue weighted by molar-refractivity contribution is 5.33. The zero-order valence-electron chi connectivity index (χ0n) is 9.34. The second-order valence-corrected chi connectivity index (χ2v) is 3.57. The Balaban J connectivity index is 1.94. The molecule has 2 aromatic rings. The Morgan fingerprint density at radius 2 is 2.29 bits per heavy atom. The van der Waals surface area contributed by atoms with Crippen molar-refractivity contribution in [2.45, 2.75) is 13.1 Å². The summed E-state index contributed by atoms with van der Waals surface area (Å²) in [7, 11) is 0. The quantitative estimate of drug-likeness (QED) is 0.855. The minimum absolute atomic E-state index is 0.259. The van der Waals surface area contributed by atoms with Crippen molar-refractivity contribution >= 4 is 0 Å². The van der Waals surface area contributed by atoms with Crippen LogP contribution in [0, 0.1) is 5.82 Å². The number of ether oxygens (including phenoxy) is 1. The van der Waals surface area contributed by atoms with E-state index in [1.54, 1.807) is 16.9 Å². The van der Waals surface area contributed by atoms with Gasteiger partial charge in [0.15, 0.2) is 0 Å². The lowest BCUT2D eigenvalue weighted by atomic mass is 10.2. The molecule has 90 valence electrons. The molecule has 17 heavy (non-hydrogen) atoms. The minimum Gasteiger partial charge on any atom is -0.491 e. The van der Waals surface area contributed by atoms with Gasteiger partial charge in [-0.25, -0.2) is 4.39 Å². The van der Waals surface area contributed by atoms with Crippen LogP contribution >= 0.6 is 0 Å². The van der Waals surface area contributed by atoms with Gasteiger partial charge < -0.3 is 10.5 Å². The molecule has 0 aliphatic rings. The number of hydrogen-bond acceptors (Lipinski definition) is 3. The lowest BCUT2D eigenvalue weighted by molar-refractivity contribution is 0.288. The predicted octanol–water partition coefficient (Wildman–Crippen LogP) is 1.56. The molecule has 2 rings (SSSR count). The Hall–Kier alpha value is -1.88. The van der Waals surface area contributed by atoms with E-state index in [2.05, 4.69) is 5.10 Å². The third-order valence-electron chi connectivity index (χ3n) is 2.38. The summed E-state index contributed by atoms with van der Waals surface area (Å²) < 4.78 is 20.3. The summed E-state index contributed by atoms with van der Waals surface area (Å²) in [4.78, 5) is 0. The molecule has 0 aliphatic heterocycles. The van der Waals surface area contributed by atoms with Crippen LogP contribution in [0.4, 0.5) is 4.39 Å². The fourth-order valence-electron chi connectivity index (χ4n) is 1.53. The van der Waals surface area contributed by atoms with Gasteiger partial charge in [-0.05, 0) is 24.3 Å². The summed E-state index contributed by atoms with van der Waals surface area (Å²) in [5.74, 6) is 0.325. The second-order valence-electron chi connectivity index (χ2n) is 3.57. The maximum absolute atomic E-state index is 13.0. The average molecular weight is 235 g/mol. The lowest BCUT2D eigenvalue weighted by Crippen LogP contribution is -2.10. The minimum atomic E-state index is -0.301. The maximum Gasteiger partial charge on any atom is 0.124 e. The number of nitrogens with two attached hydrogens (primary N) is 1. The van der Waals surface area contributed by atoms with E-state index < -0.39 is 0 Å². The molecule has 0 radical (unpaired) electrons. The van der Waals surface area contributed by atoms with Gasteiger partial charge in [0.2, 0.25) is 0 Å². The highest BCUT2D eigenvalue weighted by Crippen LogP contribution is 2.19. The Labute approximate surface area is 98.8 Å². The highest BCUT2D eigenvalue weighted by Gasteiger charge is 2.03. The van der Waals surface area contributed by atoms with Gasteiger partial charge >= 0.3 is 0 Å². The van der Waals surface area contributed by atoms with Crippen LogP contribution in [0.15, 0.2) is 36.7 Å². The molecular weight excluding hydrogens is 221 g/mol. The molecule has 5 heteroatoms. The zero-order chi connectivity index (χ0) is 12.1. The van der Waals surface area contributed by atoms with E-state index in [0.29, 0.717) is 24.5 Å². The fraction of sp³-hybridized carbons (Fsp3) is 0.250. The summed E-state index contributed by atoms with van der Waals surface area (Å²) in [5, 5.41) is 4.06. The van der Waals surface area contributed by atoms with Crippen LogP contribution in [-0.2, 0) is 13.1 Å². The first-order chi connectivity index (χ1) is 8.29. The fourth-order valence-corrected chi connectivity index (χ4v) is 1.53. The molecule has 4 nitrogen and oxygen atoms in total. The molecule has 0 atom stereocenters. The largest absolute Gasteiger partial charge is 0.491 e. The molecule has 0 bridgehead atoms. The Bertz CT molecular complexity index is 471. The smallest absolute Gasteiger partial charge is 0.124 e. The SMILES string of the molecule is NCc1cc(F)ccc1OCCn1cccn1. The average Bonchev–Trinajstić information content (AvgIpc) is 2.84. The number of aromatic nitrogens is 2. The van der Waals surface area contributed by atoms with Crippen molar-refractivity contribution in [3.8, 4) is 5.75 Å². The first-order valence-corrected chi connectivity index (χ1v) is 5.38. The third kappa shape index (κ3) is 3.04. The Morgan fingerprint density at radius 3 is 3.00 bits per heavy atom. The molecule has 0 spiro atoms. The molecule has 0 saturated heterocycles. The van der Waals surface area contributed by atoms with Crippen molar-refractivity contribution in [3.63, 3.8) is 0 Å². The van der Waals surface area contributed by atoms with Crippen molar-refractivity contribution in [2.24, 2.45) is 5.73 Å². The van der Waals surface area contributed by atoms with Crippen molar-refractivity contribution < 1.29 is 9.13 Å². The van der Waals surface area contributed by atoms with E-state index in [4.69, 9.17) is 10.5 Å². The van der Waals surface area contributed by atoms with Crippen LogP contribution in [-0.4, -0.2) is 16.4 Å². The van der Waals surface area contributed by atoms with Crippen LogP contribution in [0.3, 0.4) is 0 Å². The molecule has 0 unspecified atom stereocenters. The van der Waals surface area contributed by atoms with Gasteiger partial charge in [-0.1, -0.05) is 0 Å². The molecule has 1 aromatic heterocycles. The van der Waals surface area contributed by atoms with Crippen molar-refractivity contribution in [1.82, 2.24) is 9.78 Å². The van der Waals surface area contributed by atoms with Gasteiger partial charge in [-0.15, -0.1) is 0 Å². The van der Waals surface area contributed by atoms with Crippen LogP contribution in [0.2, 0.25) is 0 Å². The number of benzene rings is 1. The van der Waals surface area contributed by atoms with Gasteiger partial charge in [0, 0.05) is 24.5 Å². The Kier molecular flexibility index (Phi) is 3.72. The van der Waals surface area contributed by atoms with Crippen molar-refractivity contribution in [2.75, 3.05) is 6.61 Å². The third-order valence-corrected chi connectivity index (χ3v) is 2.38. The van der Waals surface area contributed by atoms with Gasteiger partial charge in [-0.3, -0.25) is 4.68 Å². The molecule has 1 aromatic carbocycles. The maximum atomic E-state index is 13.0. The second kappa shape index (κ2) is 5.45. The highest BCUT2D eigenvalue weighted by atomic mass is 19.1. The molecule has 0 amide bonds. The van der Waals surface area contributed by atoms with E-state index in [9.17, 15) is 4.39 Å². The van der Waals surface area contributed by atoms with Gasteiger partial charge in [0.25, 0.3) is 0 Å². The lowest BCUT2D eigenvalue weighted by Gasteiger charge is -2.10. The van der Waals surface area contributed by atoms with Crippen LogP contribution in [0.5, 0.6) is 5.75 Å². The summed E-state index contributed by atoms with van der Waals surface area (Å²) in [6.07, 6.45) is 3.57. The van der Waals surface area contributed by atoms with E-state index in [0.717, 1.165) is 0 Å². The molecule has 1 heterocycles. The summed E-state index contributed by atoms with van der Waals surface area (Å²) in [6, 6.07) is 6.20. The van der Waals surface area contributed by atoms with Gasteiger partial charge in [0.1, 0.15) is 18.2 Å². The predicted molar refractivity (Wildman–Crippen MR) is 62.0 cm³/mol. The monoisotopic (exact) mass is 235 g/mol. The number of nitrogens with zero attached hydrogens (tertiary/aromatic N) is 2. The molecule has 0 fully saturated rings. The van der Waals surface area contributed by atoms with Crippen LogP contribution < -0.4 is 10.5 Å².